The predicted octanol–water partition coefficient (Wildman–Crippen LogP) is 2.10. The van der Waals surface area contributed by atoms with E-state index in [0.717, 1.165) is 19.7 Å². The fraction of sp³-hybridized carbons (Fsp3) is 0.600. The molecule has 100 valence electrons. The van der Waals surface area contributed by atoms with E-state index in [0.29, 0.717) is 12.1 Å². The SMILES string of the molecule is Cc1cccc(C(N)CN2CC(C)OCC2C)c1. The maximum Gasteiger partial charge on any atom is 0.0674 e. The fourth-order valence-corrected chi connectivity index (χ4v) is 2.49. The summed E-state index contributed by atoms with van der Waals surface area (Å²) >= 11 is 0. The molecule has 18 heavy (non-hydrogen) atoms. The minimum atomic E-state index is 0.0812. The first-order chi connectivity index (χ1) is 8.56. The highest BCUT2D eigenvalue weighted by Crippen LogP contribution is 2.18. The summed E-state index contributed by atoms with van der Waals surface area (Å²) in [5.74, 6) is 0. The zero-order chi connectivity index (χ0) is 13.1. The maximum absolute atomic E-state index is 6.32. The Labute approximate surface area is 110 Å². The van der Waals surface area contributed by atoms with Gasteiger partial charge in [-0.25, -0.2) is 0 Å². The number of benzene rings is 1. The van der Waals surface area contributed by atoms with Crippen molar-refractivity contribution in [3.63, 3.8) is 0 Å². The molecule has 1 aromatic rings. The van der Waals surface area contributed by atoms with Crippen LogP contribution in [0.15, 0.2) is 24.3 Å². The van der Waals surface area contributed by atoms with Crippen LogP contribution in [-0.4, -0.2) is 36.7 Å². The van der Waals surface area contributed by atoms with Crippen molar-refractivity contribution < 1.29 is 4.74 Å². The largest absolute Gasteiger partial charge is 0.376 e. The Kier molecular flexibility index (Phi) is 4.38. The van der Waals surface area contributed by atoms with Crippen molar-refractivity contribution in [2.75, 3.05) is 19.7 Å². The molecule has 3 unspecified atom stereocenters. The smallest absolute Gasteiger partial charge is 0.0674 e. The van der Waals surface area contributed by atoms with Crippen LogP contribution in [0.3, 0.4) is 0 Å². The van der Waals surface area contributed by atoms with Gasteiger partial charge < -0.3 is 10.5 Å². The van der Waals surface area contributed by atoms with Gasteiger partial charge in [0.05, 0.1) is 12.7 Å². The lowest BCUT2D eigenvalue weighted by atomic mass is 10.0. The first kappa shape index (κ1) is 13.5. The second kappa shape index (κ2) is 5.83. The number of nitrogens with two attached hydrogens (primary N) is 1. The Balaban J connectivity index is 2.00. The molecule has 2 rings (SSSR count). The van der Waals surface area contributed by atoms with Gasteiger partial charge in [-0.15, -0.1) is 0 Å². The maximum atomic E-state index is 6.32. The van der Waals surface area contributed by atoms with Crippen LogP contribution in [0, 0.1) is 6.92 Å². The van der Waals surface area contributed by atoms with Crippen molar-refractivity contribution in [1.82, 2.24) is 4.90 Å². The van der Waals surface area contributed by atoms with Crippen molar-refractivity contribution in [2.45, 2.75) is 39.0 Å². The molecule has 1 aromatic carbocycles. The van der Waals surface area contributed by atoms with E-state index in [1.807, 2.05) is 0 Å². The van der Waals surface area contributed by atoms with Crippen LogP contribution in [-0.2, 0) is 4.74 Å². The molecule has 0 spiro atoms. The van der Waals surface area contributed by atoms with E-state index in [-0.39, 0.29) is 6.04 Å². The van der Waals surface area contributed by atoms with E-state index in [1.165, 1.54) is 11.1 Å². The molecular weight excluding hydrogens is 224 g/mol. The lowest BCUT2D eigenvalue weighted by molar-refractivity contribution is -0.0510. The first-order valence-electron chi connectivity index (χ1n) is 6.74. The number of aryl methyl sites for hydroxylation is 1. The molecule has 0 saturated carbocycles. The van der Waals surface area contributed by atoms with E-state index in [9.17, 15) is 0 Å². The van der Waals surface area contributed by atoms with E-state index >= 15 is 0 Å². The van der Waals surface area contributed by atoms with Crippen molar-refractivity contribution in [2.24, 2.45) is 5.73 Å². The van der Waals surface area contributed by atoms with Crippen LogP contribution in [0.4, 0.5) is 0 Å². The third-order valence-corrected chi connectivity index (χ3v) is 3.64. The minimum Gasteiger partial charge on any atom is -0.376 e. The molecule has 3 atom stereocenters. The summed E-state index contributed by atoms with van der Waals surface area (Å²) in [5, 5.41) is 0. The molecule has 0 amide bonds. The van der Waals surface area contributed by atoms with Crippen LogP contribution in [0.5, 0.6) is 0 Å². The molecule has 1 fully saturated rings. The molecule has 0 aliphatic carbocycles. The molecule has 3 heteroatoms. The van der Waals surface area contributed by atoms with E-state index < -0.39 is 0 Å². The quantitative estimate of drug-likeness (QED) is 0.890. The van der Waals surface area contributed by atoms with Gasteiger partial charge >= 0.3 is 0 Å². The summed E-state index contributed by atoms with van der Waals surface area (Å²) in [6.07, 6.45) is 0.311. The van der Waals surface area contributed by atoms with Gasteiger partial charge in [-0.1, -0.05) is 29.8 Å². The highest BCUT2D eigenvalue weighted by Gasteiger charge is 2.25. The molecule has 0 radical (unpaired) electrons. The molecule has 1 aliphatic heterocycles. The molecule has 1 heterocycles. The van der Waals surface area contributed by atoms with Gasteiger partial charge in [-0.3, -0.25) is 4.90 Å². The van der Waals surface area contributed by atoms with Crippen molar-refractivity contribution >= 4 is 0 Å². The lowest BCUT2D eigenvalue weighted by Crippen LogP contribution is -2.49. The van der Waals surface area contributed by atoms with Gasteiger partial charge in [0, 0.05) is 25.2 Å². The Morgan fingerprint density at radius 1 is 1.44 bits per heavy atom. The Hall–Kier alpha value is -0.900. The van der Waals surface area contributed by atoms with Gasteiger partial charge in [0.15, 0.2) is 0 Å². The Morgan fingerprint density at radius 2 is 2.22 bits per heavy atom. The van der Waals surface area contributed by atoms with Crippen molar-refractivity contribution in [3.8, 4) is 0 Å². The van der Waals surface area contributed by atoms with Gasteiger partial charge in [-0.2, -0.15) is 0 Å². The third-order valence-electron chi connectivity index (χ3n) is 3.64. The van der Waals surface area contributed by atoms with E-state index in [2.05, 4.69) is 49.9 Å². The van der Waals surface area contributed by atoms with Crippen LogP contribution in [0.2, 0.25) is 0 Å². The van der Waals surface area contributed by atoms with Gasteiger partial charge in [-0.05, 0) is 26.3 Å². The summed E-state index contributed by atoms with van der Waals surface area (Å²) in [7, 11) is 0. The summed E-state index contributed by atoms with van der Waals surface area (Å²) in [5.41, 5.74) is 8.81. The number of rotatable bonds is 3. The zero-order valence-corrected chi connectivity index (χ0v) is 11.6. The molecule has 1 aliphatic rings. The van der Waals surface area contributed by atoms with Gasteiger partial charge in [0.25, 0.3) is 0 Å². The summed E-state index contributed by atoms with van der Waals surface area (Å²) in [4.78, 5) is 2.43. The minimum absolute atomic E-state index is 0.0812. The molecular formula is C15H24N2O. The van der Waals surface area contributed by atoms with Crippen LogP contribution in [0.1, 0.15) is 31.0 Å². The molecule has 2 N–H and O–H groups in total. The summed E-state index contributed by atoms with van der Waals surface area (Å²) < 4.78 is 5.64. The second-order valence-electron chi connectivity index (χ2n) is 5.47. The number of ether oxygens (including phenoxy) is 1. The fourth-order valence-electron chi connectivity index (χ4n) is 2.49. The number of morpholine rings is 1. The van der Waals surface area contributed by atoms with Gasteiger partial charge in [0.1, 0.15) is 0 Å². The third kappa shape index (κ3) is 3.31. The monoisotopic (exact) mass is 248 g/mol. The second-order valence-corrected chi connectivity index (χ2v) is 5.47. The molecule has 1 saturated heterocycles. The van der Waals surface area contributed by atoms with Crippen molar-refractivity contribution in [1.29, 1.82) is 0 Å². The van der Waals surface area contributed by atoms with Crippen LogP contribution >= 0.6 is 0 Å². The summed E-state index contributed by atoms with van der Waals surface area (Å²) in [6, 6.07) is 9.02. The van der Waals surface area contributed by atoms with Crippen LogP contribution < -0.4 is 5.73 Å². The average molecular weight is 248 g/mol. The van der Waals surface area contributed by atoms with E-state index in [4.69, 9.17) is 10.5 Å². The highest BCUT2D eigenvalue weighted by atomic mass is 16.5. The van der Waals surface area contributed by atoms with Crippen molar-refractivity contribution in [3.05, 3.63) is 35.4 Å². The first-order valence-corrected chi connectivity index (χ1v) is 6.74. The lowest BCUT2D eigenvalue weighted by Gasteiger charge is -2.38. The average Bonchev–Trinajstić information content (AvgIpc) is 2.34. The molecule has 0 aromatic heterocycles. The van der Waals surface area contributed by atoms with Gasteiger partial charge in [0.2, 0.25) is 0 Å². The highest BCUT2D eigenvalue weighted by molar-refractivity contribution is 5.25. The Morgan fingerprint density at radius 3 is 2.94 bits per heavy atom. The molecule has 0 bridgehead atoms. The van der Waals surface area contributed by atoms with E-state index in [1.54, 1.807) is 0 Å². The molecule has 3 nitrogen and oxygen atoms in total. The Bertz CT molecular complexity index is 394. The normalized spacial score (nSPS) is 27.1. The van der Waals surface area contributed by atoms with Crippen LogP contribution in [0.25, 0.3) is 0 Å². The predicted molar refractivity (Wildman–Crippen MR) is 74.6 cm³/mol. The zero-order valence-electron chi connectivity index (χ0n) is 11.6. The standard InChI is InChI=1S/C15H24N2O/c1-11-5-4-6-14(7-11)15(16)9-17-8-13(3)18-10-12(17)2/h4-7,12-13,15H,8-10,16H2,1-3H3. The summed E-state index contributed by atoms with van der Waals surface area (Å²) in [6.45, 7) is 9.11. The number of hydrogen-bond acceptors (Lipinski definition) is 3. The topological polar surface area (TPSA) is 38.5 Å². The number of hydrogen-bond donors (Lipinski definition) is 1. The number of nitrogens with zero attached hydrogens (tertiary/aromatic N) is 1.